The van der Waals surface area contributed by atoms with Gasteiger partial charge < -0.3 is 10.4 Å². The van der Waals surface area contributed by atoms with Crippen molar-refractivity contribution in [2.24, 2.45) is 0 Å². The SMILES string of the molecule is CN(CC(=O)NCCc1ccc(C(=O)O)cc1)S(C)(=O)=O. The van der Waals surface area contributed by atoms with E-state index in [1.807, 2.05) is 0 Å². The van der Waals surface area contributed by atoms with Gasteiger partial charge in [0.15, 0.2) is 0 Å². The number of nitrogens with one attached hydrogen (secondary N) is 1. The van der Waals surface area contributed by atoms with E-state index < -0.39 is 16.0 Å². The summed E-state index contributed by atoms with van der Waals surface area (Å²) in [6.07, 6.45) is 1.57. The van der Waals surface area contributed by atoms with Crippen LogP contribution in [0.2, 0.25) is 0 Å². The molecule has 0 aromatic heterocycles. The predicted molar refractivity (Wildman–Crippen MR) is 77.6 cm³/mol. The molecule has 0 spiro atoms. The highest BCUT2D eigenvalue weighted by atomic mass is 32.2. The summed E-state index contributed by atoms with van der Waals surface area (Å²) in [5.41, 5.74) is 1.09. The molecule has 8 heteroatoms. The lowest BCUT2D eigenvalue weighted by Gasteiger charge is -2.13. The van der Waals surface area contributed by atoms with Crippen molar-refractivity contribution in [2.45, 2.75) is 6.42 Å². The summed E-state index contributed by atoms with van der Waals surface area (Å²) in [5, 5.41) is 11.4. The van der Waals surface area contributed by atoms with Crippen LogP contribution in [0.15, 0.2) is 24.3 Å². The van der Waals surface area contributed by atoms with Gasteiger partial charge in [0.05, 0.1) is 18.4 Å². The Kier molecular flexibility index (Phi) is 5.86. The molecule has 1 amide bonds. The molecule has 1 aromatic rings. The quantitative estimate of drug-likeness (QED) is 0.733. The minimum absolute atomic E-state index is 0.206. The number of carboxylic acid groups (broad SMARTS) is 1. The summed E-state index contributed by atoms with van der Waals surface area (Å²) in [4.78, 5) is 22.2. The van der Waals surface area contributed by atoms with Crippen molar-refractivity contribution in [2.75, 3.05) is 26.4 Å². The second-order valence-corrected chi connectivity index (χ2v) is 6.71. The maximum absolute atomic E-state index is 11.5. The van der Waals surface area contributed by atoms with Crippen molar-refractivity contribution >= 4 is 21.9 Å². The maximum atomic E-state index is 11.5. The van der Waals surface area contributed by atoms with Crippen LogP contribution in [0.3, 0.4) is 0 Å². The molecule has 0 bridgehead atoms. The van der Waals surface area contributed by atoms with E-state index in [0.717, 1.165) is 16.1 Å². The molecular formula is C13H18N2O5S. The van der Waals surface area contributed by atoms with E-state index in [0.29, 0.717) is 13.0 Å². The third-order valence-corrected chi connectivity index (χ3v) is 4.13. The first-order valence-corrected chi connectivity index (χ1v) is 8.05. The van der Waals surface area contributed by atoms with E-state index in [-0.39, 0.29) is 18.0 Å². The predicted octanol–water partition coefficient (Wildman–Crippen LogP) is -0.0651. The van der Waals surface area contributed by atoms with Gasteiger partial charge in [-0.05, 0) is 24.1 Å². The Hall–Kier alpha value is -1.93. The van der Waals surface area contributed by atoms with Crippen LogP contribution in [0.4, 0.5) is 0 Å². The first kappa shape index (κ1) is 17.1. The van der Waals surface area contributed by atoms with Gasteiger partial charge in [0, 0.05) is 13.6 Å². The zero-order valence-electron chi connectivity index (χ0n) is 11.9. The molecule has 0 aliphatic rings. The molecule has 0 unspecified atom stereocenters. The van der Waals surface area contributed by atoms with Crippen LogP contribution in [-0.4, -0.2) is 56.1 Å². The number of carboxylic acids is 1. The topological polar surface area (TPSA) is 104 Å². The number of hydrogen-bond donors (Lipinski definition) is 2. The van der Waals surface area contributed by atoms with Crippen LogP contribution >= 0.6 is 0 Å². The Balaban J connectivity index is 2.39. The summed E-state index contributed by atoms with van der Waals surface area (Å²) in [7, 11) is -2.04. The number of sulfonamides is 1. The van der Waals surface area contributed by atoms with Crippen molar-refractivity contribution in [3.63, 3.8) is 0 Å². The Morgan fingerprint density at radius 1 is 1.24 bits per heavy atom. The fourth-order valence-electron chi connectivity index (χ4n) is 1.54. The van der Waals surface area contributed by atoms with Crippen LogP contribution in [-0.2, 0) is 21.2 Å². The van der Waals surface area contributed by atoms with Crippen LogP contribution < -0.4 is 5.32 Å². The van der Waals surface area contributed by atoms with Gasteiger partial charge in [-0.25, -0.2) is 13.2 Å². The van der Waals surface area contributed by atoms with Crippen LogP contribution in [0.5, 0.6) is 0 Å². The van der Waals surface area contributed by atoms with Crippen LogP contribution in [0.1, 0.15) is 15.9 Å². The Morgan fingerprint density at radius 3 is 2.29 bits per heavy atom. The van der Waals surface area contributed by atoms with E-state index >= 15 is 0 Å². The molecule has 1 rings (SSSR count). The number of amides is 1. The fourth-order valence-corrected chi connectivity index (χ4v) is 1.89. The lowest BCUT2D eigenvalue weighted by atomic mass is 10.1. The molecular weight excluding hydrogens is 296 g/mol. The second-order valence-electron chi connectivity index (χ2n) is 4.62. The third kappa shape index (κ3) is 5.92. The molecule has 0 saturated heterocycles. The van der Waals surface area contributed by atoms with Crippen molar-refractivity contribution in [1.29, 1.82) is 0 Å². The summed E-state index contributed by atoms with van der Waals surface area (Å²) in [5.74, 6) is -1.37. The van der Waals surface area contributed by atoms with Gasteiger partial charge in [0.1, 0.15) is 0 Å². The van der Waals surface area contributed by atoms with Gasteiger partial charge in [-0.2, -0.15) is 4.31 Å². The Labute approximate surface area is 123 Å². The maximum Gasteiger partial charge on any atom is 0.335 e. The van der Waals surface area contributed by atoms with Crippen molar-refractivity contribution in [3.05, 3.63) is 35.4 Å². The first-order chi connectivity index (χ1) is 9.70. The highest BCUT2D eigenvalue weighted by molar-refractivity contribution is 7.88. The van der Waals surface area contributed by atoms with Crippen LogP contribution in [0.25, 0.3) is 0 Å². The lowest BCUT2D eigenvalue weighted by Crippen LogP contribution is -2.38. The largest absolute Gasteiger partial charge is 0.478 e. The number of nitrogens with zero attached hydrogens (tertiary/aromatic N) is 1. The monoisotopic (exact) mass is 314 g/mol. The van der Waals surface area contributed by atoms with Gasteiger partial charge in [-0.15, -0.1) is 0 Å². The van der Waals surface area contributed by atoms with E-state index in [2.05, 4.69) is 5.32 Å². The Morgan fingerprint density at radius 2 is 1.81 bits per heavy atom. The smallest absolute Gasteiger partial charge is 0.335 e. The normalized spacial score (nSPS) is 11.4. The minimum atomic E-state index is -3.37. The van der Waals surface area contributed by atoms with Gasteiger partial charge in [0.25, 0.3) is 0 Å². The summed E-state index contributed by atoms with van der Waals surface area (Å²) in [6.45, 7) is 0.125. The third-order valence-electron chi connectivity index (χ3n) is 2.87. The number of benzene rings is 1. The molecule has 7 nitrogen and oxygen atoms in total. The average Bonchev–Trinajstić information content (AvgIpc) is 2.38. The molecule has 0 heterocycles. The molecule has 0 aliphatic carbocycles. The molecule has 0 atom stereocenters. The molecule has 21 heavy (non-hydrogen) atoms. The summed E-state index contributed by atoms with van der Waals surface area (Å²) >= 11 is 0. The average molecular weight is 314 g/mol. The summed E-state index contributed by atoms with van der Waals surface area (Å²) < 4.78 is 23.3. The van der Waals surface area contributed by atoms with E-state index in [1.165, 1.54) is 19.2 Å². The number of carbonyl (C=O) groups excluding carboxylic acids is 1. The molecule has 2 N–H and O–H groups in total. The molecule has 0 fully saturated rings. The second kappa shape index (κ2) is 7.19. The zero-order valence-corrected chi connectivity index (χ0v) is 12.7. The van der Waals surface area contributed by atoms with Crippen molar-refractivity contribution in [3.8, 4) is 0 Å². The molecule has 116 valence electrons. The van der Waals surface area contributed by atoms with E-state index in [4.69, 9.17) is 5.11 Å². The van der Waals surface area contributed by atoms with Crippen molar-refractivity contribution < 1.29 is 23.1 Å². The highest BCUT2D eigenvalue weighted by Gasteiger charge is 2.14. The number of likely N-dealkylation sites (N-methyl/N-ethyl adjacent to an activating group) is 1. The number of rotatable bonds is 7. The lowest BCUT2D eigenvalue weighted by molar-refractivity contribution is -0.121. The molecule has 1 aromatic carbocycles. The fraction of sp³-hybridized carbons (Fsp3) is 0.385. The minimum Gasteiger partial charge on any atom is -0.478 e. The highest BCUT2D eigenvalue weighted by Crippen LogP contribution is 2.04. The Bertz CT molecular complexity index is 610. The van der Waals surface area contributed by atoms with E-state index in [1.54, 1.807) is 12.1 Å². The van der Waals surface area contributed by atoms with Crippen molar-refractivity contribution in [1.82, 2.24) is 9.62 Å². The first-order valence-electron chi connectivity index (χ1n) is 6.20. The van der Waals surface area contributed by atoms with Crippen LogP contribution in [0, 0.1) is 0 Å². The molecule has 0 radical (unpaired) electrons. The van der Waals surface area contributed by atoms with Gasteiger partial charge >= 0.3 is 5.97 Å². The van der Waals surface area contributed by atoms with E-state index in [9.17, 15) is 18.0 Å². The van der Waals surface area contributed by atoms with Gasteiger partial charge in [0.2, 0.25) is 15.9 Å². The zero-order chi connectivity index (χ0) is 16.0. The molecule has 0 saturated carbocycles. The van der Waals surface area contributed by atoms with Gasteiger partial charge in [-0.3, -0.25) is 4.79 Å². The number of aromatic carboxylic acids is 1. The standard InChI is InChI=1S/C13H18N2O5S/c1-15(21(2,19)20)9-12(16)14-8-7-10-3-5-11(6-4-10)13(17)18/h3-6H,7-9H2,1-2H3,(H,14,16)(H,17,18). The number of carbonyl (C=O) groups is 2. The van der Waals surface area contributed by atoms with Gasteiger partial charge in [-0.1, -0.05) is 12.1 Å². The molecule has 0 aliphatic heterocycles. The summed E-state index contributed by atoms with van der Waals surface area (Å²) in [6, 6.07) is 6.35. The number of hydrogen-bond acceptors (Lipinski definition) is 4.